The summed E-state index contributed by atoms with van der Waals surface area (Å²) in [5.41, 5.74) is 0. The van der Waals surface area contributed by atoms with Gasteiger partial charge in [0.1, 0.15) is 5.76 Å². The fraction of sp³-hybridized carbons (Fsp3) is 0.412. The van der Waals surface area contributed by atoms with Crippen LogP contribution in [0.1, 0.15) is 31.4 Å². The zero-order valence-corrected chi connectivity index (χ0v) is 14.8. The summed E-state index contributed by atoms with van der Waals surface area (Å²) < 4.78 is 33.4. The number of halogens is 1. The standard InChI is InChI=1S/C17H21ClN2O3S/c18-13-7-9-15(10-8-13)24(21,22)20-17-6-2-1-5-16(17)19-12-14-4-3-11-23-14/h3-4,7-11,16-17,19-20H,1-2,5-6,12H2/t16-,17-/m0/s1. The van der Waals surface area contributed by atoms with Crippen molar-refractivity contribution in [3.63, 3.8) is 0 Å². The molecule has 0 saturated heterocycles. The van der Waals surface area contributed by atoms with Gasteiger partial charge in [-0.1, -0.05) is 24.4 Å². The number of hydrogen-bond acceptors (Lipinski definition) is 4. The first kappa shape index (κ1) is 17.5. The number of rotatable bonds is 6. The number of furan rings is 1. The molecule has 130 valence electrons. The van der Waals surface area contributed by atoms with Crippen molar-refractivity contribution >= 4 is 21.6 Å². The minimum atomic E-state index is -3.55. The molecule has 1 aliphatic rings. The van der Waals surface area contributed by atoms with Gasteiger partial charge in [0.15, 0.2) is 0 Å². The van der Waals surface area contributed by atoms with Crippen LogP contribution in [-0.4, -0.2) is 20.5 Å². The Balaban J connectivity index is 1.67. The fourth-order valence-electron chi connectivity index (χ4n) is 3.04. The lowest BCUT2D eigenvalue weighted by atomic mass is 9.91. The van der Waals surface area contributed by atoms with Crippen LogP contribution in [0.5, 0.6) is 0 Å². The highest BCUT2D eigenvalue weighted by atomic mass is 35.5. The van der Waals surface area contributed by atoms with E-state index in [0.29, 0.717) is 11.6 Å². The normalized spacial score (nSPS) is 21.7. The smallest absolute Gasteiger partial charge is 0.240 e. The Morgan fingerprint density at radius 1 is 1.08 bits per heavy atom. The van der Waals surface area contributed by atoms with E-state index in [4.69, 9.17) is 16.0 Å². The first-order valence-electron chi connectivity index (χ1n) is 8.08. The fourth-order valence-corrected chi connectivity index (χ4v) is 4.48. The van der Waals surface area contributed by atoms with Gasteiger partial charge in [-0.15, -0.1) is 0 Å². The third-order valence-corrected chi connectivity index (χ3v) is 6.07. The van der Waals surface area contributed by atoms with Gasteiger partial charge in [-0.2, -0.15) is 0 Å². The maximum absolute atomic E-state index is 12.6. The first-order chi connectivity index (χ1) is 11.5. The molecular weight excluding hydrogens is 348 g/mol. The van der Waals surface area contributed by atoms with E-state index in [0.717, 1.165) is 31.4 Å². The van der Waals surface area contributed by atoms with Crippen LogP contribution in [-0.2, 0) is 16.6 Å². The van der Waals surface area contributed by atoms with Crippen molar-refractivity contribution in [3.05, 3.63) is 53.4 Å². The highest BCUT2D eigenvalue weighted by Crippen LogP contribution is 2.22. The van der Waals surface area contributed by atoms with E-state index in [2.05, 4.69) is 10.0 Å². The van der Waals surface area contributed by atoms with Gasteiger partial charge in [-0.25, -0.2) is 13.1 Å². The molecular formula is C17H21ClN2O3S. The van der Waals surface area contributed by atoms with Crippen LogP contribution in [0.2, 0.25) is 5.02 Å². The minimum Gasteiger partial charge on any atom is -0.468 e. The molecule has 0 aliphatic heterocycles. The summed E-state index contributed by atoms with van der Waals surface area (Å²) in [5, 5.41) is 3.93. The number of sulfonamides is 1. The summed E-state index contributed by atoms with van der Waals surface area (Å²) in [6.45, 7) is 0.594. The van der Waals surface area contributed by atoms with E-state index in [1.54, 1.807) is 18.4 Å². The molecule has 0 amide bonds. The molecule has 2 N–H and O–H groups in total. The first-order valence-corrected chi connectivity index (χ1v) is 9.94. The maximum atomic E-state index is 12.6. The van der Waals surface area contributed by atoms with Gasteiger partial charge in [-0.3, -0.25) is 0 Å². The van der Waals surface area contributed by atoms with Crippen LogP contribution in [0, 0.1) is 0 Å². The highest BCUT2D eigenvalue weighted by Gasteiger charge is 2.29. The SMILES string of the molecule is O=S(=O)(N[C@H]1CCCC[C@@H]1NCc1ccco1)c1ccc(Cl)cc1. The van der Waals surface area contributed by atoms with Crippen molar-refractivity contribution in [2.24, 2.45) is 0 Å². The van der Waals surface area contributed by atoms with Gasteiger partial charge in [0.25, 0.3) is 0 Å². The van der Waals surface area contributed by atoms with Crippen LogP contribution >= 0.6 is 11.6 Å². The molecule has 24 heavy (non-hydrogen) atoms. The van der Waals surface area contributed by atoms with Gasteiger partial charge >= 0.3 is 0 Å². The maximum Gasteiger partial charge on any atom is 0.240 e. The molecule has 2 atom stereocenters. The Hall–Kier alpha value is -1.34. The highest BCUT2D eigenvalue weighted by molar-refractivity contribution is 7.89. The van der Waals surface area contributed by atoms with Crippen molar-refractivity contribution in [3.8, 4) is 0 Å². The third-order valence-electron chi connectivity index (χ3n) is 4.32. The largest absolute Gasteiger partial charge is 0.468 e. The van der Waals surface area contributed by atoms with Crippen molar-refractivity contribution < 1.29 is 12.8 Å². The molecule has 0 unspecified atom stereocenters. The molecule has 1 heterocycles. The van der Waals surface area contributed by atoms with Crippen LogP contribution in [0.4, 0.5) is 0 Å². The Morgan fingerprint density at radius 2 is 1.79 bits per heavy atom. The lowest BCUT2D eigenvalue weighted by Gasteiger charge is -2.32. The Bertz CT molecular complexity index is 745. The number of hydrogen-bond donors (Lipinski definition) is 2. The molecule has 3 rings (SSSR count). The van der Waals surface area contributed by atoms with Crippen LogP contribution in [0.3, 0.4) is 0 Å². The molecule has 0 bridgehead atoms. The summed E-state index contributed by atoms with van der Waals surface area (Å²) in [6, 6.07) is 9.94. The van der Waals surface area contributed by atoms with E-state index in [1.165, 1.54) is 12.1 Å². The lowest BCUT2D eigenvalue weighted by molar-refractivity contribution is 0.301. The molecule has 1 aliphatic carbocycles. The van der Waals surface area contributed by atoms with E-state index < -0.39 is 10.0 Å². The molecule has 0 radical (unpaired) electrons. The predicted molar refractivity (Wildman–Crippen MR) is 93.4 cm³/mol. The second kappa shape index (κ2) is 7.70. The zero-order chi connectivity index (χ0) is 17.0. The Labute approximate surface area is 147 Å². The zero-order valence-electron chi connectivity index (χ0n) is 13.2. The van der Waals surface area contributed by atoms with Crippen LogP contribution in [0.25, 0.3) is 0 Å². The quantitative estimate of drug-likeness (QED) is 0.820. The monoisotopic (exact) mass is 368 g/mol. The van der Waals surface area contributed by atoms with Crippen LogP contribution in [0.15, 0.2) is 52.0 Å². The molecule has 7 heteroatoms. The molecule has 1 aromatic heterocycles. The number of nitrogens with one attached hydrogen (secondary N) is 2. The van der Waals surface area contributed by atoms with E-state index >= 15 is 0 Å². The molecule has 1 fully saturated rings. The van der Waals surface area contributed by atoms with E-state index in [1.807, 2.05) is 12.1 Å². The third kappa shape index (κ3) is 4.39. The summed E-state index contributed by atoms with van der Waals surface area (Å²) in [5.74, 6) is 0.847. The van der Waals surface area contributed by atoms with Crippen LogP contribution < -0.4 is 10.0 Å². The van der Waals surface area contributed by atoms with Gasteiger partial charge in [-0.05, 0) is 49.2 Å². The van der Waals surface area contributed by atoms with Gasteiger partial charge < -0.3 is 9.73 Å². The van der Waals surface area contributed by atoms with Crippen molar-refractivity contribution in [1.82, 2.24) is 10.0 Å². The lowest BCUT2D eigenvalue weighted by Crippen LogP contribution is -2.51. The Morgan fingerprint density at radius 3 is 2.46 bits per heavy atom. The molecule has 5 nitrogen and oxygen atoms in total. The van der Waals surface area contributed by atoms with E-state index in [-0.39, 0.29) is 17.0 Å². The van der Waals surface area contributed by atoms with Crippen molar-refractivity contribution in [1.29, 1.82) is 0 Å². The average molecular weight is 369 g/mol. The average Bonchev–Trinajstić information content (AvgIpc) is 3.07. The predicted octanol–water partition coefficient (Wildman–Crippen LogP) is 3.31. The van der Waals surface area contributed by atoms with Gasteiger partial charge in [0, 0.05) is 17.1 Å². The van der Waals surface area contributed by atoms with Gasteiger partial charge in [0.2, 0.25) is 10.0 Å². The second-order valence-electron chi connectivity index (χ2n) is 6.03. The summed E-state index contributed by atoms with van der Waals surface area (Å²) in [7, 11) is -3.55. The summed E-state index contributed by atoms with van der Waals surface area (Å²) >= 11 is 5.83. The number of benzene rings is 1. The summed E-state index contributed by atoms with van der Waals surface area (Å²) in [6.07, 6.45) is 5.51. The van der Waals surface area contributed by atoms with Crippen molar-refractivity contribution in [2.45, 2.75) is 49.2 Å². The molecule has 1 aromatic carbocycles. The minimum absolute atomic E-state index is 0.0888. The van der Waals surface area contributed by atoms with Gasteiger partial charge in [0.05, 0.1) is 17.7 Å². The second-order valence-corrected chi connectivity index (χ2v) is 8.18. The Kier molecular flexibility index (Phi) is 5.61. The molecule has 2 aromatic rings. The topological polar surface area (TPSA) is 71.3 Å². The van der Waals surface area contributed by atoms with Crippen molar-refractivity contribution in [2.75, 3.05) is 0 Å². The molecule has 1 saturated carbocycles. The summed E-state index contributed by atoms with van der Waals surface area (Å²) in [4.78, 5) is 0.238. The van der Waals surface area contributed by atoms with E-state index in [9.17, 15) is 8.42 Å². The molecule has 0 spiro atoms.